The molecule has 7 nitrogen and oxygen atoms in total. The smallest absolute Gasteiger partial charge is 0.237 e. The molecule has 5 aromatic rings. The van der Waals surface area contributed by atoms with E-state index in [9.17, 15) is 9.59 Å². The number of ether oxygens (including phenoxy) is 3. The highest BCUT2D eigenvalue weighted by atomic mass is 32.2. The first-order chi connectivity index (χ1) is 24.8. The van der Waals surface area contributed by atoms with E-state index < -0.39 is 20.2 Å². The number of hydrogen-bond donors (Lipinski definition) is 0. The van der Waals surface area contributed by atoms with Gasteiger partial charge in [-0.1, -0.05) is 84.9 Å². The Labute approximate surface area is 308 Å². The summed E-state index contributed by atoms with van der Waals surface area (Å²) in [7, 11) is 3.32. The van der Waals surface area contributed by atoms with Crippen LogP contribution in [0.15, 0.2) is 115 Å². The van der Waals surface area contributed by atoms with E-state index in [0.29, 0.717) is 31.2 Å². The summed E-state index contributed by atoms with van der Waals surface area (Å²) in [6, 6.07) is 38.3. The van der Waals surface area contributed by atoms with Gasteiger partial charge in [-0.25, -0.2) is 0 Å². The molecule has 0 radical (unpaired) electrons. The number of methoxy groups -OCH3 is 2. The van der Waals surface area contributed by atoms with Crippen LogP contribution in [0.25, 0.3) is 10.8 Å². The van der Waals surface area contributed by atoms with Gasteiger partial charge in [0.25, 0.3) is 0 Å². The number of rotatable bonds is 11. The molecule has 2 amide bonds. The fourth-order valence-electron chi connectivity index (χ4n) is 7.59. The lowest BCUT2D eigenvalue weighted by Crippen LogP contribution is -2.61. The largest absolute Gasteiger partial charge is 0.496 e. The van der Waals surface area contributed by atoms with Crippen LogP contribution in [0.2, 0.25) is 0 Å². The van der Waals surface area contributed by atoms with Crippen LogP contribution < -0.4 is 14.2 Å². The van der Waals surface area contributed by atoms with Gasteiger partial charge < -0.3 is 24.0 Å². The number of carbonyl (C=O) groups is 2. The van der Waals surface area contributed by atoms with Crippen molar-refractivity contribution in [3.63, 3.8) is 0 Å². The highest BCUT2D eigenvalue weighted by Crippen LogP contribution is 2.70. The number of para-hydroxylation sites is 2. The molecular weight excluding hydrogens is 677 g/mol. The quantitative estimate of drug-likeness (QED) is 0.136. The number of carbonyl (C=O) groups excluding carboxylic acids is 2. The minimum Gasteiger partial charge on any atom is -0.496 e. The number of benzene rings is 5. The second kappa shape index (κ2) is 14.2. The zero-order valence-electron chi connectivity index (χ0n) is 29.5. The summed E-state index contributed by atoms with van der Waals surface area (Å²) >= 11 is 3.15. The Balaban J connectivity index is 1.53. The molecule has 0 aliphatic carbocycles. The number of thioether (sulfide) groups is 2. The molecule has 2 fully saturated rings. The summed E-state index contributed by atoms with van der Waals surface area (Å²) < 4.78 is 18.0. The molecule has 0 aromatic heterocycles. The van der Waals surface area contributed by atoms with Gasteiger partial charge in [0.1, 0.15) is 17.2 Å². The Hall–Kier alpha value is -4.60. The summed E-state index contributed by atoms with van der Waals surface area (Å²) in [5.41, 5.74) is 3.56. The van der Waals surface area contributed by atoms with Crippen molar-refractivity contribution in [2.45, 2.75) is 54.1 Å². The Morgan fingerprint density at radius 1 is 0.608 bits per heavy atom. The maximum atomic E-state index is 14.9. The monoisotopic (exact) mass is 718 g/mol. The first-order valence-electron chi connectivity index (χ1n) is 17.2. The lowest BCUT2D eigenvalue weighted by molar-refractivity contribution is -0.142. The van der Waals surface area contributed by atoms with Crippen LogP contribution in [-0.4, -0.2) is 52.9 Å². The maximum Gasteiger partial charge on any atom is 0.237 e. The molecule has 2 saturated heterocycles. The van der Waals surface area contributed by atoms with Gasteiger partial charge in [-0.3, -0.25) is 9.59 Å². The Bertz CT molecular complexity index is 2070. The molecule has 5 aromatic carbocycles. The van der Waals surface area contributed by atoms with Crippen LogP contribution in [0.3, 0.4) is 0 Å². The van der Waals surface area contributed by atoms with Crippen molar-refractivity contribution < 1.29 is 23.8 Å². The predicted molar refractivity (Wildman–Crippen MR) is 206 cm³/mol. The Kier molecular flexibility index (Phi) is 9.70. The molecule has 7 rings (SSSR count). The Morgan fingerprint density at radius 2 is 1.08 bits per heavy atom. The maximum absolute atomic E-state index is 14.9. The van der Waals surface area contributed by atoms with E-state index in [1.807, 2.05) is 116 Å². The van der Waals surface area contributed by atoms with Crippen molar-refractivity contribution in [1.82, 2.24) is 9.80 Å². The minimum atomic E-state index is -1.18. The molecule has 2 heterocycles. The molecule has 9 heteroatoms. The molecule has 2 aliphatic rings. The number of nitrogens with zero attached hydrogens (tertiary/aromatic N) is 2. The van der Waals surface area contributed by atoms with Gasteiger partial charge in [0.2, 0.25) is 11.8 Å². The molecule has 51 heavy (non-hydrogen) atoms. The van der Waals surface area contributed by atoms with Crippen LogP contribution in [0.1, 0.15) is 43.0 Å². The number of amides is 2. The molecule has 262 valence electrons. The van der Waals surface area contributed by atoms with E-state index in [1.165, 1.54) is 0 Å². The van der Waals surface area contributed by atoms with E-state index in [-0.39, 0.29) is 11.8 Å². The van der Waals surface area contributed by atoms with Gasteiger partial charge in [0.05, 0.1) is 31.3 Å². The zero-order valence-corrected chi connectivity index (χ0v) is 31.1. The zero-order chi connectivity index (χ0) is 35.8. The van der Waals surface area contributed by atoms with Crippen LogP contribution in [-0.2, 0) is 32.4 Å². The molecule has 0 spiro atoms. The summed E-state index contributed by atoms with van der Waals surface area (Å²) in [6.45, 7) is 7.06. The summed E-state index contributed by atoms with van der Waals surface area (Å²) in [5, 5.41) is 1.37. The number of hydrogen-bond acceptors (Lipinski definition) is 7. The fourth-order valence-corrected chi connectivity index (χ4v) is 11.3. The van der Waals surface area contributed by atoms with E-state index in [0.717, 1.165) is 38.8 Å². The van der Waals surface area contributed by atoms with Crippen molar-refractivity contribution in [3.8, 4) is 17.2 Å². The molecular formula is C42H42N2O5S2. The van der Waals surface area contributed by atoms with Crippen LogP contribution in [0.5, 0.6) is 17.2 Å². The van der Waals surface area contributed by atoms with E-state index in [2.05, 4.69) is 30.3 Å². The third-order valence-electron chi connectivity index (χ3n) is 9.82. The molecule has 0 bridgehead atoms. The second-order valence-corrected chi connectivity index (χ2v) is 15.9. The molecule has 0 N–H and O–H groups in total. The molecule has 0 saturated carbocycles. The molecule has 4 atom stereocenters. The van der Waals surface area contributed by atoms with Gasteiger partial charge in [-0.15, -0.1) is 23.5 Å². The highest BCUT2D eigenvalue weighted by Gasteiger charge is 2.72. The highest BCUT2D eigenvalue weighted by molar-refractivity contribution is 8.06. The topological polar surface area (TPSA) is 68.3 Å². The van der Waals surface area contributed by atoms with Gasteiger partial charge in [-0.05, 0) is 73.0 Å². The van der Waals surface area contributed by atoms with Gasteiger partial charge in [0, 0.05) is 24.2 Å². The third-order valence-corrected chi connectivity index (χ3v) is 13.2. The lowest BCUT2D eigenvalue weighted by Gasteiger charge is -2.54. The van der Waals surface area contributed by atoms with Crippen LogP contribution >= 0.6 is 23.5 Å². The minimum absolute atomic E-state index is 0.0121. The first-order valence-corrected chi connectivity index (χ1v) is 19.0. The lowest BCUT2D eigenvalue weighted by atomic mass is 9.86. The summed E-state index contributed by atoms with van der Waals surface area (Å²) in [6.07, 6.45) is 0. The average Bonchev–Trinajstić information content (AvgIpc) is 3.57. The second-order valence-electron chi connectivity index (χ2n) is 12.8. The molecule has 2 aliphatic heterocycles. The van der Waals surface area contributed by atoms with E-state index in [4.69, 9.17) is 14.2 Å². The van der Waals surface area contributed by atoms with Crippen molar-refractivity contribution in [2.75, 3.05) is 20.8 Å². The van der Waals surface area contributed by atoms with Crippen molar-refractivity contribution in [1.29, 1.82) is 0 Å². The fraction of sp³-hybridized carbons (Fsp3) is 0.286. The van der Waals surface area contributed by atoms with Crippen molar-refractivity contribution in [3.05, 3.63) is 138 Å². The van der Waals surface area contributed by atoms with Crippen LogP contribution in [0.4, 0.5) is 0 Å². The van der Waals surface area contributed by atoms with Gasteiger partial charge in [0.15, 0.2) is 9.74 Å². The normalized spacial score (nSPS) is 23.2. The van der Waals surface area contributed by atoms with Crippen molar-refractivity contribution in [2.24, 2.45) is 0 Å². The third kappa shape index (κ3) is 5.80. The van der Waals surface area contributed by atoms with E-state index >= 15 is 0 Å². The SMILES string of the molecule is CCOc1ccc(CN2C(=O)C(C)SC2(c2ccccc2OC)C2(c3ccccc3OC)SC(C)C(=O)N2Cc2ccc3ccccc3c2)cc1. The average molecular weight is 719 g/mol. The standard InChI is InChI=1S/C42H42N2O5S2/c1-6-49-34-23-20-30(21-24-34)26-43-39(45)28(2)50-41(43,35-15-9-11-17-37(35)47-4)42(36-16-10-12-18-38(36)48-5)44(40(46)29(3)51-42)27-31-19-22-32-13-7-8-14-33(32)25-31/h7-25,28-29H,6,26-27H2,1-5H3. The van der Waals surface area contributed by atoms with Gasteiger partial charge >= 0.3 is 0 Å². The summed E-state index contributed by atoms with van der Waals surface area (Å²) in [4.78, 5) is 31.3. The number of fused-ring (bicyclic) bond motifs is 1. The van der Waals surface area contributed by atoms with Gasteiger partial charge in [-0.2, -0.15) is 0 Å². The molecule has 4 unspecified atom stereocenters. The predicted octanol–water partition coefficient (Wildman–Crippen LogP) is 8.59. The Morgan fingerprint density at radius 3 is 1.61 bits per heavy atom. The first kappa shape index (κ1) is 34.8. The van der Waals surface area contributed by atoms with Crippen molar-refractivity contribution >= 4 is 46.1 Å². The van der Waals surface area contributed by atoms with E-state index in [1.54, 1.807) is 37.7 Å². The van der Waals surface area contributed by atoms with Crippen LogP contribution in [0, 0.1) is 0 Å². The summed E-state index contributed by atoms with van der Waals surface area (Å²) in [5.74, 6) is 2.01.